The normalized spacial score (nSPS) is 20.3. The van der Waals surface area contributed by atoms with Crippen LogP contribution in [0.2, 0.25) is 0 Å². The van der Waals surface area contributed by atoms with Gasteiger partial charge in [0.2, 0.25) is 11.8 Å². The fraction of sp³-hybridized carbons (Fsp3) is 0.640. The molecule has 1 aromatic carbocycles. The van der Waals surface area contributed by atoms with E-state index in [1.54, 1.807) is 36.3 Å². The Hall–Kier alpha value is -2.61. The summed E-state index contributed by atoms with van der Waals surface area (Å²) in [7, 11) is 1.57. The smallest absolute Gasteiger partial charge is 0.256 e. The molecule has 8 heteroatoms. The van der Waals surface area contributed by atoms with Crippen LogP contribution in [-0.2, 0) is 14.3 Å². The highest BCUT2D eigenvalue weighted by Gasteiger charge is 2.54. The topological polar surface area (TPSA) is 88.2 Å². The third kappa shape index (κ3) is 5.66. The van der Waals surface area contributed by atoms with Crippen molar-refractivity contribution in [3.63, 3.8) is 0 Å². The van der Waals surface area contributed by atoms with Gasteiger partial charge in [0.15, 0.2) is 0 Å². The van der Waals surface area contributed by atoms with E-state index in [9.17, 15) is 14.4 Å². The van der Waals surface area contributed by atoms with Crippen LogP contribution >= 0.6 is 0 Å². The Kier molecular flexibility index (Phi) is 7.36. The number of methoxy groups -OCH3 is 1. The summed E-state index contributed by atoms with van der Waals surface area (Å²) >= 11 is 0. The van der Waals surface area contributed by atoms with Gasteiger partial charge in [-0.25, -0.2) is 0 Å². The van der Waals surface area contributed by atoms with Crippen LogP contribution in [0.25, 0.3) is 0 Å². The van der Waals surface area contributed by atoms with Crippen molar-refractivity contribution < 1.29 is 23.9 Å². The Morgan fingerprint density at radius 1 is 1.15 bits per heavy atom. The van der Waals surface area contributed by atoms with E-state index in [4.69, 9.17) is 9.47 Å². The molecule has 0 radical (unpaired) electrons. The number of piperidine rings is 1. The molecule has 2 saturated heterocycles. The van der Waals surface area contributed by atoms with Crippen LogP contribution in [0.4, 0.5) is 0 Å². The van der Waals surface area contributed by atoms with Crippen molar-refractivity contribution in [2.75, 3.05) is 26.8 Å². The number of hydrogen-bond donors (Lipinski definition) is 1. The van der Waals surface area contributed by atoms with Gasteiger partial charge in [-0.05, 0) is 43.5 Å². The first-order chi connectivity index (χ1) is 15.5. The summed E-state index contributed by atoms with van der Waals surface area (Å²) in [6.45, 7) is 11.0. The van der Waals surface area contributed by atoms with Gasteiger partial charge in [-0.3, -0.25) is 19.3 Å². The fourth-order valence-corrected chi connectivity index (χ4v) is 4.49. The van der Waals surface area contributed by atoms with Gasteiger partial charge in [-0.2, -0.15) is 0 Å². The Morgan fingerprint density at radius 3 is 2.27 bits per heavy atom. The van der Waals surface area contributed by atoms with E-state index >= 15 is 0 Å². The molecular formula is C25H37N3O5. The lowest BCUT2D eigenvalue weighted by atomic mass is 9.90. The van der Waals surface area contributed by atoms with Crippen LogP contribution in [0.3, 0.4) is 0 Å². The van der Waals surface area contributed by atoms with Crippen molar-refractivity contribution in [1.82, 2.24) is 15.1 Å². The molecular weight excluding hydrogens is 422 g/mol. The van der Waals surface area contributed by atoms with Crippen molar-refractivity contribution in [3.8, 4) is 5.75 Å². The zero-order valence-electron chi connectivity index (χ0n) is 20.6. The lowest BCUT2D eigenvalue weighted by molar-refractivity contribution is -0.145. The maximum Gasteiger partial charge on any atom is 0.256 e. The van der Waals surface area contributed by atoms with Crippen molar-refractivity contribution in [3.05, 3.63) is 29.8 Å². The van der Waals surface area contributed by atoms with Crippen molar-refractivity contribution in [1.29, 1.82) is 0 Å². The maximum absolute atomic E-state index is 13.7. The number of rotatable bonds is 5. The highest BCUT2D eigenvalue weighted by molar-refractivity contribution is 5.98. The zero-order chi connectivity index (χ0) is 24.4. The van der Waals surface area contributed by atoms with Gasteiger partial charge in [0.05, 0.1) is 13.7 Å². The first kappa shape index (κ1) is 25.0. The van der Waals surface area contributed by atoms with Crippen molar-refractivity contribution in [2.45, 2.75) is 71.7 Å². The van der Waals surface area contributed by atoms with E-state index in [0.717, 1.165) is 0 Å². The SMILES string of the molecule is COc1ccc(C(=O)N2C(C(=O)NC(C)C)COC23CCN(C(=O)CC(C)(C)C)CC3)cc1. The molecule has 2 aliphatic rings. The fourth-order valence-electron chi connectivity index (χ4n) is 4.49. The van der Waals surface area contributed by atoms with Crippen LogP contribution in [0.1, 0.15) is 64.2 Å². The largest absolute Gasteiger partial charge is 0.497 e. The number of benzene rings is 1. The molecule has 3 rings (SSSR count). The first-order valence-electron chi connectivity index (χ1n) is 11.7. The average molecular weight is 460 g/mol. The van der Waals surface area contributed by atoms with E-state index in [-0.39, 0.29) is 35.8 Å². The molecule has 1 spiro atoms. The highest BCUT2D eigenvalue weighted by atomic mass is 16.5. The van der Waals surface area contributed by atoms with Crippen molar-refractivity contribution in [2.24, 2.45) is 5.41 Å². The Morgan fingerprint density at radius 2 is 1.76 bits per heavy atom. The Labute approximate surface area is 196 Å². The summed E-state index contributed by atoms with van der Waals surface area (Å²) in [5.41, 5.74) is -0.532. The molecule has 0 aliphatic carbocycles. The number of hydrogen-bond acceptors (Lipinski definition) is 5. The third-order valence-corrected chi connectivity index (χ3v) is 6.13. The average Bonchev–Trinajstić information content (AvgIpc) is 3.10. The molecule has 0 bridgehead atoms. The van der Waals surface area contributed by atoms with E-state index in [1.165, 1.54) is 0 Å². The zero-order valence-corrected chi connectivity index (χ0v) is 20.6. The number of nitrogens with one attached hydrogen (secondary N) is 1. The highest BCUT2D eigenvalue weighted by Crippen LogP contribution is 2.39. The lowest BCUT2D eigenvalue weighted by Gasteiger charge is -2.45. The summed E-state index contributed by atoms with van der Waals surface area (Å²) in [6, 6.07) is 6.09. The summed E-state index contributed by atoms with van der Waals surface area (Å²) in [5, 5.41) is 2.92. The number of amides is 3. The predicted molar refractivity (Wildman–Crippen MR) is 125 cm³/mol. The molecule has 2 fully saturated rings. The molecule has 182 valence electrons. The summed E-state index contributed by atoms with van der Waals surface area (Å²) in [6.07, 6.45) is 1.40. The number of likely N-dealkylation sites (tertiary alicyclic amines) is 1. The minimum absolute atomic E-state index is 0.0520. The van der Waals surface area contributed by atoms with Crippen LogP contribution in [-0.4, -0.2) is 72.1 Å². The maximum atomic E-state index is 13.7. The van der Waals surface area contributed by atoms with Crippen LogP contribution in [0.5, 0.6) is 5.75 Å². The van der Waals surface area contributed by atoms with Gasteiger partial charge in [0, 0.05) is 44.0 Å². The first-order valence-corrected chi connectivity index (χ1v) is 11.7. The quantitative estimate of drug-likeness (QED) is 0.732. The Balaban J connectivity index is 1.84. The summed E-state index contributed by atoms with van der Waals surface area (Å²) in [5.74, 6) is 0.277. The molecule has 0 saturated carbocycles. The summed E-state index contributed by atoms with van der Waals surface area (Å²) < 4.78 is 11.4. The van der Waals surface area contributed by atoms with Gasteiger partial charge < -0.3 is 19.7 Å². The molecule has 2 aliphatic heterocycles. The monoisotopic (exact) mass is 459 g/mol. The van der Waals surface area contributed by atoms with E-state index in [0.29, 0.717) is 43.7 Å². The lowest BCUT2D eigenvalue weighted by Crippen LogP contribution is -2.60. The number of ether oxygens (including phenoxy) is 2. The van der Waals surface area contributed by atoms with Gasteiger partial charge in [-0.1, -0.05) is 20.8 Å². The molecule has 1 atom stereocenters. The second kappa shape index (κ2) is 9.71. The predicted octanol–water partition coefficient (Wildman–Crippen LogP) is 2.82. The molecule has 33 heavy (non-hydrogen) atoms. The molecule has 1 aromatic rings. The molecule has 1 N–H and O–H groups in total. The van der Waals surface area contributed by atoms with E-state index < -0.39 is 11.8 Å². The van der Waals surface area contributed by atoms with Gasteiger partial charge in [0.1, 0.15) is 17.5 Å². The summed E-state index contributed by atoms with van der Waals surface area (Å²) in [4.78, 5) is 42.8. The minimum Gasteiger partial charge on any atom is -0.497 e. The van der Waals surface area contributed by atoms with Crippen molar-refractivity contribution >= 4 is 17.7 Å². The number of nitrogens with zero attached hydrogens (tertiary/aromatic N) is 2. The molecule has 0 aromatic heterocycles. The molecule has 3 amide bonds. The van der Waals surface area contributed by atoms with E-state index in [1.807, 2.05) is 39.5 Å². The number of carbonyl (C=O) groups excluding carboxylic acids is 3. The van der Waals surface area contributed by atoms with Crippen LogP contribution in [0, 0.1) is 5.41 Å². The Bertz CT molecular complexity index is 867. The second-order valence-corrected chi connectivity index (χ2v) is 10.5. The second-order valence-electron chi connectivity index (χ2n) is 10.5. The minimum atomic E-state index is -0.908. The van der Waals surface area contributed by atoms with Gasteiger partial charge in [0.25, 0.3) is 5.91 Å². The molecule has 8 nitrogen and oxygen atoms in total. The third-order valence-electron chi connectivity index (χ3n) is 6.13. The molecule has 2 heterocycles. The number of carbonyl (C=O) groups is 3. The van der Waals surface area contributed by atoms with Gasteiger partial charge in [-0.15, -0.1) is 0 Å². The van der Waals surface area contributed by atoms with E-state index in [2.05, 4.69) is 5.32 Å². The standard InChI is InChI=1S/C25H37N3O5/c1-17(2)26-22(30)20-16-33-25(11-13-27(14-12-25)21(29)15-24(3,4)5)28(20)23(31)18-7-9-19(32-6)10-8-18/h7-10,17,20H,11-16H2,1-6H3,(H,26,30). The molecule has 1 unspecified atom stereocenters. The van der Waals surface area contributed by atoms with Crippen LogP contribution < -0.4 is 10.1 Å². The van der Waals surface area contributed by atoms with Gasteiger partial charge >= 0.3 is 0 Å². The van der Waals surface area contributed by atoms with Crippen LogP contribution in [0.15, 0.2) is 24.3 Å².